The number of carbonyl (C=O) groups excluding carboxylic acids is 1. The number of aromatic nitrogens is 2. The molecule has 1 saturated heterocycles. The summed E-state index contributed by atoms with van der Waals surface area (Å²) in [5, 5.41) is 12.3. The van der Waals surface area contributed by atoms with Crippen LogP contribution < -0.4 is 20.7 Å². The van der Waals surface area contributed by atoms with Crippen molar-refractivity contribution >= 4 is 23.4 Å². The average molecular weight is 392 g/mol. The van der Waals surface area contributed by atoms with E-state index in [1.54, 1.807) is 0 Å². The Labute approximate surface area is 169 Å². The standard InChI is InChI=1S/C21H24N6O2/c1-26(2)14-8-6-13(7-9-14)16-15(12-22)19(28)23-18-17(16)20(29)25-21(24-18)27-10-4-3-5-11-27/h6-9,15-16H,3-5,10-11H2,1-2H3,(H2,23,24,25,28,29). The van der Waals surface area contributed by atoms with Gasteiger partial charge in [0.2, 0.25) is 11.9 Å². The second kappa shape index (κ2) is 7.59. The van der Waals surface area contributed by atoms with Gasteiger partial charge in [0.05, 0.1) is 11.6 Å². The van der Waals surface area contributed by atoms with E-state index in [1.165, 1.54) is 0 Å². The van der Waals surface area contributed by atoms with Crippen molar-refractivity contribution in [3.63, 3.8) is 0 Å². The Morgan fingerprint density at radius 3 is 2.45 bits per heavy atom. The first-order valence-electron chi connectivity index (χ1n) is 9.86. The van der Waals surface area contributed by atoms with Gasteiger partial charge in [0, 0.05) is 38.8 Å². The topological polar surface area (TPSA) is 105 Å². The maximum atomic E-state index is 13.1. The molecule has 0 bridgehead atoms. The lowest BCUT2D eigenvalue weighted by molar-refractivity contribution is -0.119. The molecule has 0 spiro atoms. The van der Waals surface area contributed by atoms with E-state index in [1.807, 2.05) is 48.2 Å². The molecule has 2 aromatic rings. The van der Waals surface area contributed by atoms with Crippen LogP contribution in [0.2, 0.25) is 0 Å². The lowest BCUT2D eigenvalue weighted by Crippen LogP contribution is -2.40. The molecule has 0 saturated carbocycles. The molecular weight excluding hydrogens is 368 g/mol. The van der Waals surface area contributed by atoms with E-state index in [0.29, 0.717) is 11.5 Å². The highest BCUT2D eigenvalue weighted by Gasteiger charge is 2.40. The monoisotopic (exact) mass is 392 g/mol. The number of hydrogen-bond acceptors (Lipinski definition) is 6. The van der Waals surface area contributed by atoms with Crippen LogP contribution in [0.3, 0.4) is 0 Å². The molecule has 29 heavy (non-hydrogen) atoms. The van der Waals surface area contributed by atoms with Gasteiger partial charge in [-0.25, -0.2) is 0 Å². The van der Waals surface area contributed by atoms with Gasteiger partial charge in [0.1, 0.15) is 11.7 Å². The van der Waals surface area contributed by atoms with Crippen LogP contribution in [0.5, 0.6) is 0 Å². The lowest BCUT2D eigenvalue weighted by Gasteiger charge is -2.31. The van der Waals surface area contributed by atoms with E-state index in [4.69, 9.17) is 0 Å². The van der Waals surface area contributed by atoms with Crippen molar-refractivity contribution in [2.45, 2.75) is 25.2 Å². The fourth-order valence-corrected chi connectivity index (χ4v) is 4.09. The summed E-state index contributed by atoms with van der Waals surface area (Å²) in [7, 11) is 3.88. The van der Waals surface area contributed by atoms with Gasteiger partial charge in [0.15, 0.2) is 0 Å². The molecule has 1 fully saturated rings. The van der Waals surface area contributed by atoms with Crippen molar-refractivity contribution in [3.8, 4) is 6.07 Å². The number of piperidine rings is 1. The molecule has 150 valence electrons. The van der Waals surface area contributed by atoms with Gasteiger partial charge in [-0.2, -0.15) is 10.2 Å². The first-order chi connectivity index (χ1) is 14.0. The number of benzene rings is 1. The van der Waals surface area contributed by atoms with E-state index in [-0.39, 0.29) is 11.4 Å². The molecule has 2 N–H and O–H groups in total. The van der Waals surface area contributed by atoms with Crippen molar-refractivity contribution in [1.29, 1.82) is 5.26 Å². The fraction of sp³-hybridized carbons (Fsp3) is 0.429. The summed E-state index contributed by atoms with van der Waals surface area (Å²) in [6.45, 7) is 1.65. The van der Waals surface area contributed by atoms with Crippen molar-refractivity contribution in [1.82, 2.24) is 9.97 Å². The Morgan fingerprint density at radius 1 is 1.14 bits per heavy atom. The molecule has 1 aromatic heterocycles. The summed E-state index contributed by atoms with van der Waals surface area (Å²) in [5.74, 6) is -1.34. The molecule has 3 heterocycles. The highest BCUT2D eigenvalue weighted by atomic mass is 16.2. The lowest BCUT2D eigenvalue weighted by atomic mass is 9.79. The SMILES string of the molecule is CN(C)c1ccc(C2c3c(nc(N4CCCCC4)[nH]c3=O)NC(=O)C2C#N)cc1. The van der Waals surface area contributed by atoms with Gasteiger partial charge in [-0.3, -0.25) is 14.6 Å². The number of anilines is 3. The summed E-state index contributed by atoms with van der Waals surface area (Å²) in [5.41, 5.74) is 1.78. The van der Waals surface area contributed by atoms with E-state index < -0.39 is 17.7 Å². The Bertz CT molecular complexity index is 1010. The number of carbonyl (C=O) groups is 1. The Hall–Kier alpha value is -3.34. The molecule has 2 aliphatic rings. The molecule has 1 amide bonds. The van der Waals surface area contributed by atoms with Gasteiger partial charge in [-0.1, -0.05) is 12.1 Å². The number of amides is 1. The van der Waals surface area contributed by atoms with Crippen LogP contribution in [0.1, 0.15) is 36.3 Å². The summed E-state index contributed by atoms with van der Waals surface area (Å²) in [6, 6.07) is 9.64. The van der Waals surface area contributed by atoms with E-state index in [0.717, 1.165) is 43.6 Å². The number of nitriles is 1. The van der Waals surface area contributed by atoms with Crippen LogP contribution in [0, 0.1) is 17.2 Å². The third-order valence-electron chi connectivity index (χ3n) is 5.67. The van der Waals surface area contributed by atoms with Crippen LogP contribution >= 0.6 is 0 Å². The van der Waals surface area contributed by atoms with Crippen LogP contribution in [0.15, 0.2) is 29.1 Å². The van der Waals surface area contributed by atoms with E-state index in [2.05, 4.69) is 21.4 Å². The maximum absolute atomic E-state index is 13.1. The van der Waals surface area contributed by atoms with Crippen molar-refractivity contribution in [2.24, 2.45) is 5.92 Å². The van der Waals surface area contributed by atoms with Crippen molar-refractivity contribution in [3.05, 3.63) is 45.7 Å². The van der Waals surface area contributed by atoms with Gasteiger partial charge in [-0.15, -0.1) is 0 Å². The molecule has 2 aliphatic heterocycles. The summed E-state index contributed by atoms with van der Waals surface area (Å²) in [6.07, 6.45) is 3.26. The van der Waals surface area contributed by atoms with E-state index in [9.17, 15) is 14.9 Å². The zero-order valence-electron chi connectivity index (χ0n) is 16.6. The second-order valence-corrected chi connectivity index (χ2v) is 7.76. The third kappa shape index (κ3) is 3.44. The third-order valence-corrected chi connectivity index (χ3v) is 5.67. The zero-order chi connectivity index (χ0) is 20.5. The van der Waals surface area contributed by atoms with Gasteiger partial charge in [0.25, 0.3) is 5.56 Å². The smallest absolute Gasteiger partial charge is 0.258 e. The summed E-state index contributed by atoms with van der Waals surface area (Å²) in [4.78, 5) is 37.1. The Morgan fingerprint density at radius 2 is 1.83 bits per heavy atom. The highest BCUT2D eigenvalue weighted by Crippen LogP contribution is 2.38. The fourth-order valence-electron chi connectivity index (χ4n) is 4.09. The minimum absolute atomic E-state index is 0.257. The number of rotatable bonds is 3. The Kier molecular flexibility index (Phi) is 4.97. The number of hydrogen-bond donors (Lipinski definition) is 2. The van der Waals surface area contributed by atoms with Crippen molar-refractivity contribution < 1.29 is 4.79 Å². The largest absolute Gasteiger partial charge is 0.378 e. The summed E-state index contributed by atoms with van der Waals surface area (Å²) >= 11 is 0. The molecular formula is C21H24N6O2. The first kappa shape index (κ1) is 19.0. The highest BCUT2D eigenvalue weighted by molar-refractivity contribution is 5.98. The number of nitrogens with zero attached hydrogens (tertiary/aromatic N) is 4. The van der Waals surface area contributed by atoms with Crippen LogP contribution in [-0.4, -0.2) is 43.1 Å². The number of H-pyrrole nitrogens is 1. The van der Waals surface area contributed by atoms with Gasteiger partial charge < -0.3 is 15.1 Å². The number of nitrogens with one attached hydrogen (secondary N) is 2. The molecule has 2 unspecified atom stereocenters. The minimum Gasteiger partial charge on any atom is -0.378 e. The molecule has 0 radical (unpaired) electrons. The second-order valence-electron chi connectivity index (χ2n) is 7.76. The normalized spacial score (nSPS) is 21.1. The maximum Gasteiger partial charge on any atom is 0.258 e. The first-order valence-corrected chi connectivity index (χ1v) is 9.86. The van der Waals surface area contributed by atoms with Crippen molar-refractivity contribution in [2.75, 3.05) is 42.3 Å². The summed E-state index contributed by atoms with van der Waals surface area (Å²) < 4.78 is 0. The number of aromatic amines is 1. The van der Waals surface area contributed by atoms with Crippen LogP contribution in [0.4, 0.5) is 17.5 Å². The molecule has 8 nitrogen and oxygen atoms in total. The zero-order valence-corrected chi connectivity index (χ0v) is 16.6. The van der Waals surface area contributed by atoms with Crippen LogP contribution in [-0.2, 0) is 4.79 Å². The molecule has 4 rings (SSSR count). The van der Waals surface area contributed by atoms with Gasteiger partial charge in [-0.05, 0) is 37.0 Å². The minimum atomic E-state index is -0.989. The van der Waals surface area contributed by atoms with E-state index >= 15 is 0 Å². The predicted molar refractivity (Wildman–Crippen MR) is 111 cm³/mol. The molecule has 8 heteroatoms. The predicted octanol–water partition coefficient (Wildman–Crippen LogP) is 2.05. The molecule has 1 aromatic carbocycles. The quantitative estimate of drug-likeness (QED) is 0.828. The number of fused-ring (bicyclic) bond motifs is 1. The van der Waals surface area contributed by atoms with Crippen LogP contribution in [0.25, 0.3) is 0 Å². The van der Waals surface area contributed by atoms with Gasteiger partial charge >= 0.3 is 0 Å². The molecule has 2 atom stereocenters. The average Bonchev–Trinajstić information content (AvgIpc) is 2.73. The Balaban J connectivity index is 1.80. The molecule has 0 aliphatic carbocycles.